The van der Waals surface area contributed by atoms with E-state index in [1.54, 1.807) is 12.3 Å². The molecule has 7 nitrogen and oxygen atoms in total. The molecule has 0 radical (unpaired) electrons. The van der Waals surface area contributed by atoms with Crippen LogP contribution in [0.2, 0.25) is 0 Å². The Labute approximate surface area is 133 Å². The van der Waals surface area contributed by atoms with Crippen LogP contribution in [0.3, 0.4) is 0 Å². The third-order valence-corrected chi connectivity index (χ3v) is 3.49. The molecule has 4 N–H and O–H groups in total. The molecule has 0 atom stereocenters. The van der Waals surface area contributed by atoms with E-state index in [-0.39, 0.29) is 5.56 Å². The third-order valence-electron chi connectivity index (χ3n) is 3.49. The molecule has 0 bridgehead atoms. The number of hydrogen-bond acceptors (Lipinski definition) is 6. The second kappa shape index (κ2) is 7.28. The first-order chi connectivity index (χ1) is 11.0. The fraction of sp³-hybridized carbons (Fsp3) is 0.312. The van der Waals surface area contributed by atoms with Gasteiger partial charge in [0.25, 0.3) is 5.91 Å². The Bertz CT molecular complexity index is 678. The summed E-state index contributed by atoms with van der Waals surface area (Å²) in [6.45, 7) is 0.190. The fourth-order valence-corrected chi connectivity index (χ4v) is 1.97. The molecule has 0 saturated carbocycles. The molecule has 2 aromatic heterocycles. The molecule has 0 fully saturated rings. The number of nitrogens with zero attached hydrogens (tertiary/aromatic N) is 2. The van der Waals surface area contributed by atoms with Gasteiger partial charge in [0.2, 0.25) is 0 Å². The van der Waals surface area contributed by atoms with Crippen LogP contribution in [-0.2, 0) is 0 Å². The summed E-state index contributed by atoms with van der Waals surface area (Å²) >= 11 is 0. The van der Waals surface area contributed by atoms with Gasteiger partial charge in [-0.1, -0.05) is 0 Å². The van der Waals surface area contributed by atoms with Crippen molar-refractivity contribution in [1.29, 1.82) is 0 Å². The minimum absolute atomic E-state index is 0.290. The van der Waals surface area contributed by atoms with E-state index < -0.39 is 31.3 Å². The Hall–Kier alpha value is -2.35. The molecule has 122 valence electrons. The lowest BCUT2D eigenvalue weighted by Crippen LogP contribution is -2.57. The van der Waals surface area contributed by atoms with Crippen molar-refractivity contribution >= 4 is 5.91 Å². The van der Waals surface area contributed by atoms with E-state index in [0.29, 0.717) is 11.4 Å². The van der Waals surface area contributed by atoms with E-state index in [0.717, 1.165) is 5.56 Å². The van der Waals surface area contributed by atoms with Crippen LogP contribution in [0.5, 0.6) is 0 Å². The smallest absolute Gasteiger partial charge is 0.252 e. The molecule has 2 aromatic rings. The third kappa shape index (κ3) is 3.89. The number of pyridine rings is 2. The number of rotatable bonds is 6. The van der Waals surface area contributed by atoms with Crippen LogP contribution < -0.4 is 5.32 Å². The van der Waals surface area contributed by atoms with Crippen LogP contribution in [0.25, 0.3) is 11.4 Å². The molecule has 0 aliphatic heterocycles. The van der Waals surface area contributed by atoms with Crippen molar-refractivity contribution < 1.29 is 20.1 Å². The molecule has 7 heteroatoms. The van der Waals surface area contributed by atoms with E-state index in [1.807, 2.05) is 19.1 Å². The average molecular weight is 317 g/mol. The summed E-state index contributed by atoms with van der Waals surface area (Å²) in [6, 6.07) is 6.78. The number of amides is 1. The first-order valence-electron chi connectivity index (χ1n) is 7.08. The van der Waals surface area contributed by atoms with Crippen LogP contribution in [0.15, 0.2) is 36.7 Å². The number of hydrogen-bond donors (Lipinski definition) is 4. The van der Waals surface area contributed by atoms with E-state index in [1.165, 1.54) is 12.3 Å². The minimum Gasteiger partial charge on any atom is -0.394 e. The second-order valence-corrected chi connectivity index (χ2v) is 5.36. The highest BCUT2D eigenvalue weighted by Gasteiger charge is 2.30. The molecule has 0 aliphatic carbocycles. The van der Waals surface area contributed by atoms with Gasteiger partial charge in [-0.2, -0.15) is 0 Å². The van der Waals surface area contributed by atoms with Gasteiger partial charge in [0.05, 0.1) is 31.2 Å². The molecule has 0 unspecified atom stereocenters. The van der Waals surface area contributed by atoms with Crippen molar-refractivity contribution in [3.05, 3.63) is 47.8 Å². The van der Waals surface area contributed by atoms with Gasteiger partial charge in [-0.05, 0) is 36.8 Å². The maximum atomic E-state index is 12.3. The van der Waals surface area contributed by atoms with E-state index in [2.05, 4.69) is 15.3 Å². The first kappa shape index (κ1) is 17.0. The van der Waals surface area contributed by atoms with Gasteiger partial charge < -0.3 is 20.6 Å². The summed E-state index contributed by atoms with van der Waals surface area (Å²) in [5, 5.41) is 30.3. The van der Waals surface area contributed by atoms with Gasteiger partial charge in [-0.3, -0.25) is 14.8 Å². The van der Waals surface area contributed by atoms with E-state index in [9.17, 15) is 20.1 Å². The second-order valence-electron chi connectivity index (χ2n) is 5.36. The van der Waals surface area contributed by atoms with Gasteiger partial charge in [0, 0.05) is 18.0 Å². The standard InChI is InChI=1S/C16H19N3O4/c1-11-2-4-17-13(6-11)14-7-12(3-5-18-14)15(23)19-16(8-20,9-21)10-22/h2-7,20-22H,8-10H2,1H3,(H,19,23). The van der Waals surface area contributed by atoms with Crippen LogP contribution in [0.4, 0.5) is 0 Å². The molecule has 0 aliphatic rings. The Balaban J connectivity index is 2.27. The SMILES string of the molecule is Cc1ccnc(-c2cc(C(=O)NC(CO)(CO)CO)ccn2)c1. The van der Waals surface area contributed by atoms with E-state index in [4.69, 9.17) is 0 Å². The summed E-state index contributed by atoms with van der Waals surface area (Å²) in [5.74, 6) is -0.529. The number of carbonyl (C=O) groups excluding carboxylic acids is 1. The van der Waals surface area contributed by atoms with Crippen molar-refractivity contribution in [1.82, 2.24) is 15.3 Å². The van der Waals surface area contributed by atoms with Gasteiger partial charge in [-0.15, -0.1) is 0 Å². The van der Waals surface area contributed by atoms with Crippen molar-refractivity contribution in [2.24, 2.45) is 0 Å². The molecule has 1 amide bonds. The number of aliphatic hydroxyl groups excluding tert-OH is 3. The Kier molecular flexibility index (Phi) is 5.38. The monoisotopic (exact) mass is 317 g/mol. The zero-order valence-corrected chi connectivity index (χ0v) is 12.7. The summed E-state index contributed by atoms with van der Waals surface area (Å²) in [7, 11) is 0. The molecule has 2 rings (SSSR count). The highest BCUT2D eigenvalue weighted by atomic mass is 16.3. The fourth-order valence-electron chi connectivity index (χ4n) is 1.97. The van der Waals surface area contributed by atoms with Crippen molar-refractivity contribution in [2.75, 3.05) is 19.8 Å². The van der Waals surface area contributed by atoms with Gasteiger partial charge >= 0.3 is 0 Å². The molecule has 0 aromatic carbocycles. The van der Waals surface area contributed by atoms with Crippen LogP contribution >= 0.6 is 0 Å². The van der Waals surface area contributed by atoms with E-state index >= 15 is 0 Å². The normalized spacial score (nSPS) is 11.3. The number of aryl methyl sites for hydroxylation is 1. The van der Waals surface area contributed by atoms with Crippen LogP contribution in [0, 0.1) is 6.92 Å². The van der Waals surface area contributed by atoms with Crippen LogP contribution in [-0.4, -0.2) is 56.6 Å². The summed E-state index contributed by atoms with van der Waals surface area (Å²) in [4.78, 5) is 20.7. The molecular weight excluding hydrogens is 298 g/mol. The molecule has 0 spiro atoms. The molecule has 0 saturated heterocycles. The highest BCUT2D eigenvalue weighted by molar-refractivity contribution is 5.95. The van der Waals surface area contributed by atoms with Gasteiger partial charge in [0.1, 0.15) is 5.54 Å². The molecule has 2 heterocycles. The maximum Gasteiger partial charge on any atom is 0.252 e. The maximum absolute atomic E-state index is 12.3. The van der Waals surface area contributed by atoms with Crippen molar-refractivity contribution in [2.45, 2.75) is 12.5 Å². The zero-order chi connectivity index (χ0) is 16.9. The van der Waals surface area contributed by atoms with Crippen LogP contribution in [0.1, 0.15) is 15.9 Å². The molecule has 23 heavy (non-hydrogen) atoms. The zero-order valence-electron chi connectivity index (χ0n) is 12.7. The topological polar surface area (TPSA) is 116 Å². The number of aromatic nitrogens is 2. The average Bonchev–Trinajstić information content (AvgIpc) is 2.60. The predicted octanol–water partition coefficient (Wildman–Crippen LogP) is -0.102. The lowest BCUT2D eigenvalue weighted by molar-refractivity contribution is 0.0375. The van der Waals surface area contributed by atoms with Gasteiger partial charge in [0.15, 0.2) is 0 Å². The lowest BCUT2D eigenvalue weighted by atomic mass is 10.0. The van der Waals surface area contributed by atoms with Crippen molar-refractivity contribution in [3.63, 3.8) is 0 Å². The first-order valence-corrected chi connectivity index (χ1v) is 7.08. The Morgan fingerprint density at radius 1 is 1.04 bits per heavy atom. The molecular formula is C16H19N3O4. The summed E-state index contributed by atoms with van der Waals surface area (Å²) < 4.78 is 0. The Morgan fingerprint density at radius 3 is 2.17 bits per heavy atom. The predicted molar refractivity (Wildman–Crippen MR) is 83.7 cm³/mol. The summed E-state index contributed by atoms with van der Waals surface area (Å²) in [5.41, 5.74) is 1.01. The largest absolute Gasteiger partial charge is 0.394 e. The quantitative estimate of drug-likeness (QED) is 0.591. The lowest BCUT2D eigenvalue weighted by Gasteiger charge is -2.28. The minimum atomic E-state index is -1.47. The number of aliphatic hydroxyl groups is 3. The number of nitrogens with one attached hydrogen (secondary N) is 1. The Morgan fingerprint density at radius 2 is 1.61 bits per heavy atom. The van der Waals surface area contributed by atoms with Crippen molar-refractivity contribution in [3.8, 4) is 11.4 Å². The highest BCUT2D eigenvalue weighted by Crippen LogP contribution is 2.17. The number of carbonyl (C=O) groups is 1. The van der Waals surface area contributed by atoms with Gasteiger partial charge in [-0.25, -0.2) is 0 Å². The summed E-state index contributed by atoms with van der Waals surface area (Å²) in [6.07, 6.45) is 3.14.